The molecule has 102 valence electrons. The van der Waals surface area contributed by atoms with Crippen molar-refractivity contribution in [2.24, 2.45) is 0 Å². The highest BCUT2D eigenvalue weighted by atomic mass is 16.6. The fraction of sp³-hybridized carbons (Fsp3) is 0.917. The second-order valence-corrected chi connectivity index (χ2v) is 4.98. The summed E-state index contributed by atoms with van der Waals surface area (Å²) in [7, 11) is 3.24. The molecule has 5 nitrogen and oxygen atoms in total. The van der Waals surface area contributed by atoms with E-state index in [2.05, 4.69) is 5.32 Å². The van der Waals surface area contributed by atoms with Crippen LogP contribution in [0, 0.1) is 0 Å². The maximum absolute atomic E-state index is 11.6. The van der Waals surface area contributed by atoms with E-state index < -0.39 is 11.7 Å². The van der Waals surface area contributed by atoms with Gasteiger partial charge in [-0.05, 0) is 34.1 Å². The number of hydrogen-bond acceptors (Lipinski definition) is 4. The first-order valence-electron chi connectivity index (χ1n) is 5.81. The van der Waals surface area contributed by atoms with Crippen LogP contribution in [0.2, 0.25) is 0 Å². The highest BCUT2D eigenvalue weighted by molar-refractivity contribution is 5.68. The Kier molecular flexibility index (Phi) is 7.15. The summed E-state index contributed by atoms with van der Waals surface area (Å²) in [5.41, 5.74) is -0.494. The van der Waals surface area contributed by atoms with Gasteiger partial charge in [0, 0.05) is 20.8 Å². The number of methoxy groups -OCH3 is 2. The summed E-state index contributed by atoms with van der Waals surface area (Å²) in [6.07, 6.45) is 0.172. The van der Waals surface area contributed by atoms with Gasteiger partial charge in [-0.3, -0.25) is 0 Å². The number of nitrogens with one attached hydrogen (secondary N) is 1. The summed E-state index contributed by atoms with van der Waals surface area (Å²) in [5.74, 6) is 0. The van der Waals surface area contributed by atoms with E-state index in [9.17, 15) is 4.79 Å². The van der Waals surface area contributed by atoms with E-state index in [1.165, 1.54) is 0 Å². The van der Waals surface area contributed by atoms with E-state index in [1.54, 1.807) is 14.2 Å². The normalized spacial score (nSPS) is 15.2. The summed E-state index contributed by atoms with van der Waals surface area (Å²) in [6.45, 7) is 7.95. The van der Waals surface area contributed by atoms with Crippen molar-refractivity contribution in [3.63, 3.8) is 0 Å². The summed E-state index contributed by atoms with van der Waals surface area (Å²) in [6, 6.07) is -0.116. The molecule has 0 aromatic rings. The minimum atomic E-state index is -0.494. The van der Waals surface area contributed by atoms with Gasteiger partial charge in [0.15, 0.2) is 0 Å². The Morgan fingerprint density at radius 2 is 1.88 bits per heavy atom. The first-order chi connectivity index (χ1) is 7.80. The van der Waals surface area contributed by atoms with Crippen LogP contribution < -0.4 is 5.32 Å². The van der Waals surface area contributed by atoms with Crippen LogP contribution in [0.15, 0.2) is 0 Å². The molecule has 5 heteroatoms. The summed E-state index contributed by atoms with van der Waals surface area (Å²) >= 11 is 0. The quantitative estimate of drug-likeness (QED) is 0.779. The van der Waals surface area contributed by atoms with Crippen molar-refractivity contribution in [1.29, 1.82) is 0 Å². The predicted molar refractivity (Wildman–Crippen MR) is 66.1 cm³/mol. The Balaban J connectivity index is 4.27. The molecule has 0 fully saturated rings. The van der Waals surface area contributed by atoms with Gasteiger partial charge in [0.05, 0.1) is 12.1 Å². The van der Waals surface area contributed by atoms with Gasteiger partial charge in [-0.2, -0.15) is 0 Å². The molecule has 0 aliphatic carbocycles. The molecule has 1 amide bonds. The molecule has 0 saturated carbocycles. The lowest BCUT2D eigenvalue weighted by molar-refractivity contribution is 0.0324. The van der Waals surface area contributed by atoms with E-state index in [-0.39, 0.29) is 12.1 Å². The Bertz CT molecular complexity index is 225. The number of amides is 1. The Morgan fingerprint density at radius 1 is 1.29 bits per heavy atom. The van der Waals surface area contributed by atoms with Gasteiger partial charge in [0.1, 0.15) is 5.60 Å². The molecule has 0 aromatic carbocycles. The van der Waals surface area contributed by atoms with Gasteiger partial charge in [-0.25, -0.2) is 4.79 Å². The van der Waals surface area contributed by atoms with Crippen LogP contribution in [-0.4, -0.2) is 44.7 Å². The Morgan fingerprint density at radius 3 is 2.29 bits per heavy atom. The number of alkyl carbamates (subject to hydrolysis) is 1. The summed E-state index contributed by atoms with van der Waals surface area (Å²) < 4.78 is 15.4. The van der Waals surface area contributed by atoms with Gasteiger partial charge >= 0.3 is 6.09 Å². The molecule has 0 aliphatic heterocycles. The molecule has 0 rings (SSSR count). The number of rotatable bonds is 6. The Labute approximate surface area is 104 Å². The SMILES string of the molecule is COCCC(NC(=O)OC(C)(C)C)C(C)OC. The number of hydrogen-bond donors (Lipinski definition) is 1. The van der Waals surface area contributed by atoms with E-state index in [1.807, 2.05) is 27.7 Å². The highest BCUT2D eigenvalue weighted by Gasteiger charge is 2.22. The fourth-order valence-electron chi connectivity index (χ4n) is 1.29. The Hall–Kier alpha value is -0.810. The third-order valence-electron chi connectivity index (χ3n) is 2.27. The van der Waals surface area contributed by atoms with Crippen LogP contribution in [0.1, 0.15) is 34.1 Å². The van der Waals surface area contributed by atoms with Gasteiger partial charge in [-0.15, -0.1) is 0 Å². The van der Waals surface area contributed by atoms with Gasteiger partial charge in [0.2, 0.25) is 0 Å². The van der Waals surface area contributed by atoms with Crippen molar-refractivity contribution in [1.82, 2.24) is 5.32 Å². The van der Waals surface area contributed by atoms with Crippen molar-refractivity contribution in [2.45, 2.75) is 51.9 Å². The second-order valence-electron chi connectivity index (χ2n) is 4.98. The van der Waals surface area contributed by atoms with Crippen molar-refractivity contribution in [3.8, 4) is 0 Å². The highest BCUT2D eigenvalue weighted by Crippen LogP contribution is 2.09. The van der Waals surface area contributed by atoms with Crippen molar-refractivity contribution in [3.05, 3.63) is 0 Å². The van der Waals surface area contributed by atoms with Crippen molar-refractivity contribution >= 4 is 6.09 Å². The van der Waals surface area contributed by atoms with Crippen LogP contribution in [0.4, 0.5) is 4.79 Å². The maximum Gasteiger partial charge on any atom is 0.407 e. The van der Waals surface area contributed by atoms with Crippen LogP contribution in [0.5, 0.6) is 0 Å². The second kappa shape index (κ2) is 7.50. The molecule has 0 radical (unpaired) electrons. The average molecular weight is 247 g/mol. The maximum atomic E-state index is 11.6. The molecular weight excluding hydrogens is 222 g/mol. The minimum Gasteiger partial charge on any atom is -0.444 e. The van der Waals surface area contributed by atoms with Crippen LogP contribution in [0.3, 0.4) is 0 Å². The first-order valence-corrected chi connectivity index (χ1v) is 5.81. The van der Waals surface area contributed by atoms with E-state index in [0.717, 1.165) is 0 Å². The zero-order valence-electron chi connectivity index (χ0n) is 11.7. The monoisotopic (exact) mass is 247 g/mol. The van der Waals surface area contributed by atoms with Crippen LogP contribution in [-0.2, 0) is 14.2 Å². The van der Waals surface area contributed by atoms with Gasteiger partial charge in [-0.1, -0.05) is 0 Å². The number of ether oxygens (including phenoxy) is 3. The lowest BCUT2D eigenvalue weighted by Gasteiger charge is -2.26. The van der Waals surface area contributed by atoms with E-state index in [0.29, 0.717) is 13.0 Å². The predicted octanol–water partition coefficient (Wildman–Crippen LogP) is 1.95. The van der Waals surface area contributed by atoms with Gasteiger partial charge in [0.25, 0.3) is 0 Å². The molecule has 0 heterocycles. The smallest absolute Gasteiger partial charge is 0.407 e. The van der Waals surface area contributed by atoms with Crippen molar-refractivity contribution in [2.75, 3.05) is 20.8 Å². The van der Waals surface area contributed by atoms with Crippen LogP contribution in [0.25, 0.3) is 0 Å². The van der Waals surface area contributed by atoms with Crippen molar-refractivity contribution < 1.29 is 19.0 Å². The zero-order valence-corrected chi connectivity index (χ0v) is 11.7. The lowest BCUT2D eigenvalue weighted by Crippen LogP contribution is -2.45. The topological polar surface area (TPSA) is 56.8 Å². The third-order valence-corrected chi connectivity index (χ3v) is 2.27. The fourth-order valence-corrected chi connectivity index (χ4v) is 1.29. The number of carbonyl (C=O) groups is 1. The molecule has 0 bridgehead atoms. The largest absolute Gasteiger partial charge is 0.444 e. The lowest BCUT2D eigenvalue weighted by atomic mass is 10.1. The standard InChI is InChI=1S/C12H25NO4/c1-9(16-6)10(7-8-15-5)13-11(14)17-12(2,3)4/h9-10H,7-8H2,1-6H3,(H,13,14). The molecule has 0 spiro atoms. The molecule has 1 N–H and O–H groups in total. The molecular formula is C12H25NO4. The van der Waals surface area contributed by atoms with E-state index in [4.69, 9.17) is 14.2 Å². The first kappa shape index (κ1) is 16.2. The molecule has 0 aliphatic rings. The molecule has 2 atom stereocenters. The molecule has 0 aromatic heterocycles. The van der Waals surface area contributed by atoms with Crippen LogP contribution >= 0.6 is 0 Å². The summed E-state index contributed by atoms with van der Waals surface area (Å²) in [5, 5.41) is 2.79. The van der Waals surface area contributed by atoms with E-state index >= 15 is 0 Å². The molecule has 17 heavy (non-hydrogen) atoms. The average Bonchev–Trinajstić information content (AvgIpc) is 2.20. The third kappa shape index (κ3) is 7.99. The zero-order chi connectivity index (χ0) is 13.5. The number of carbonyl (C=O) groups excluding carboxylic acids is 1. The molecule has 2 unspecified atom stereocenters. The molecule has 0 saturated heterocycles. The van der Waals surface area contributed by atoms with Gasteiger partial charge < -0.3 is 19.5 Å². The summed E-state index contributed by atoms with van der Waals surface area (Å²) in [4.78, 5) is 11.6. The minimum absolute atomic E-state index is 0.0855.